The summed E-state index contributed by atoms with van der Waals surface area (Å²) >= 11 is 0. The largest absolute Gasteiger partial charge is 0.506 e. The lowest BCUT2D eigenvalue weighted by Crippen LogP contribution is -2.23. The van der Waals surface area contributed by atoms with Crippen molar-refractivity contribution in [3.8, 4) is 11.5 Å². The van der Waals surface area contributed by atoms with Gasteiger partial charge in [0.05, 0.1) is 12.8 Å². The van der Waals surface area contributed by atoms with Gasteiger partial charge in [-0.2, -0.15) is 0 Å². The third-order valence-electron chi connectivity index (χ3n) is 2.98. The van der Waals surface area contributed by atoms with Gasteiger partial charge in [-0.3, -0.25) is 0 Å². The molecule has 0 aliphatic carbocycles. The van der Waals surface area contributed by atoms with Gasteiger partial charge in [0.15, 0.2) is 0 Å². The molecule has 0 aliphatic rings. The predicted octanol–water partition coefficient (Wildman–Crippen LogP) is 3.50. The summed E-state index contributed by atoms with van der Waals surface area (Å²) in [5, 5.41) is 14.8. The van der Waals surface area contributed by atoms with Crippen molar-refractivity contribution in [1.82, 2.24) is 5.32 Å². The fourth-order valence-corrected chi connectivity index (χ4v) is 1.87. The predicted molar refractivity (Wildman–Crippen MR) is 87.0 cm³/mol. The molecule has 2 aromatic rings. The van der Waals surface area contributed by atoms with E-state index in [1.807, 2.05) is 31.2 Å². The van der Waals surface area contributed by atoms with Gasteiger partial charge in [0, 0.05) is 6.20 Å². The van der Waals surface area contributed by atoms with Crippen LogP contribution in [0.3, 0.4) is 0 Å². The van der Waals surface area contributed by atoms with Gasteiger partial charge < -0.3 is 20.5 Å². The van der Waals surface area contributed by atoms with E-state index in [2.05, 4.69) is 10.6 Å². The van der Waals surface area contributed by atoms with Gasteiger partial charge in [-0.1, -0.05) is 18.2 Å². The molecule has 114 valence electrons. The Morgan fingerprint density at radius 2 is 2.05 bits per heavy atom. The number of benzene rings is 2. The van der Waals surface area contributed by atoms with Crippen LogP contribution in [0.15, 0.2) is 48.7 Å². The van der Waals surface area contributed by atoms with E-state index in [4.69, 9.17) is 4.74 Å². The third-order valence-corrected chi connectivity index (χ3v) is 2.98. The number of aryl methyl sites for hydroxylation is 1. The molecule has 0 saturated heterocycles. The molecule has 0 aromatic heterocycles. The van der Waals surface area contributed by atoms with E-state index in [1.165, 1.54) is 12.3 Å². The number of carbonyl (C=O) groups is 1. The molecule has 0 heterocycles. The van der Waals surface area contributed by atoms with E-state index < -0.39 is 6.03 Å². The van der Waals surface area contributed by atoms with Gasteiger partial charge in [0.25, 0.3) is 0 Å². The molecule has 5 nitrogen and oxygen atoms in total. The number of rotatable bonds is 4. The highest BCUT2D eigenvalue weighted by Crippen LogP contribution is 2.23. The number of urea groups is 1. The van der Waals surface area contributed by atoms with Crippen LogP contribution in [0.5, 0.6) is 11.5 Å². The number of hydrogen-bond acceptors (Lipinski definition) is 3. The summed E-state index contributed by atoms with van der Waals surface area (Å²) < 4.78 is 5.12. The van der Waals surface area contributed by atoms with E-state index in [1.54, 1.807) is 25.3 Å². The Hall–Kier alpha value is -2.95. The van der Waals surface area contributed by atoms with Gasteiger partial charge in [-0.15, -0.1) is 0 Å². The first kappa shape index (κ1) is 15.4. The first-order valence-corrected chi connectivity index (χ1v) is 6.76. The number of anilines is 1. The minimum absolute atomic E-state index is 0.0255. The van der Waals surface area contributed by atoms with Crippen LogP contribution in [0.1, 0.15) is 11.1 Å². The first-order valence-electron chi connectivity index (χ1n) is 6.76. The Balaban J connectivity index is 1.94. The second-order valence-corrected chi connectivity index (χ2v) is 4.73. The zero-order valence-electron chi connectivity index (χ0n) is 12.5. The molecule has 0 fully saturated rings. The van der Waals surface area contributed by atoms with Crippen LogP contribution in [0.25, 0.3) is 6.08 Å². The monoisotopic (exact) mass is 298 g/mol. The van der Waals surface area contributed by atoms with Crippen LogP contribution in [0.2, 0.25) is 0 Å². The maximum atomic E-state index is 11.8. The minimum Gasteiger partial charge on any atom is -0.506 e. The molecule has 0 unspecified atom stereocenters. The molecule has 3 N–H and O–H groups in total. The SMILES string of the molecule is COc1cccc(/C=C/NC(=O)Nc2cc(C)ccc2O)c1. The summed E-state index contributed by atoms with van der Waals surface area (Å²) in [6.07, 6.45) is 3.27. The molecular formula is C17H18N2O3. The number of ether oxygens (including phenoxy) is 1. The zero-order chi connectivity index (χ0) is 15.9. The van der Waals surface area contributed by atoms with Crippen molar-refractivity contribution >= 4 is 17.8 Å². The third kappa shape index (κ3) is 4.28. The van der Waals surface area contributed by atoms with Crippen molar-refractivity contribution in [3.05, 3.63) is 59.8 Å². The Kier molecular flexibility index (Phi) is 5.03. The van der Waals surface area contributed by atoms with E-state index in [9.17, 15) is 9.90 Å². The van der Waals surface area contributed by atoms with E-state index >= 15 is 0 Å². The highest BCUT2D eigenvalue weighted by molar-refractivity contribution is 5.91. The maximum absolute atomic E-state index is 11.8. The molecule has 0 saturated carbocycles. The van der Waals surface area contributed by atoms with Crippen LogP contribution in [0.4, 0.5) is 10.5 Å². The van der Waals surface area contributed by atoms with Gasteiger partial charge in [-0.05, 0) is 48.4 Å². The van der Waals surface area contributed by atoms with Crippen molar-refractivity contribution in [2.75, 3.05) is 12.4 Å². The van der Waals surface area contributed by atoms with Crippen molar-refractivity contribution in [3.63, 3.8) is 0 Å². The fourth-order valence-electron chi connectivity index (χ4n) is 1.87. The van der Waals surface area contributed by atoms with E-state index in [0.717, 1.165) is 16.9 Å². The summed E-state index contributed by atoms with van der Waals surface area (Å²) in [5.74, 6) is 0.772. The van der Waals surface area contributed by atoms with Crippen molar-refractivity contribution in [1.29, 1.82) is 0 Å². The average molecular weight is 298 g/mol. The lowest BCUT2D eigenvalue weighted by atomic mass is 10.2. The van der Waals surface area contributed by atoms with Crippen LogP contribution < -0.4 is 15.4 Å². The second kappa shape index (κ2) is 7.17. The minimum atomic E-state index is -0.431. The molecule has 2 aromatic carbocycles. The van der Waals surface area contributed by atoms with Gasteiger partial charge in [0.1, 0.15) is 11.5 Å². The molecule has 22 heavy (non-hydrogen) atoms. The van der Waals surface area contributed by atoms with Crippen molar-refractivity contribution < 1.29 is 14.6 Å². The summed E-state index contributed by atoms with van der Waals surface area (Å²) in [4.78, 5) is 11.8. The number of carbonyl (C=O) groups excluding carboxylic acids is 1. The number of phenols is 1. The van der Waals surface area contributed by atoms with Crippen LogP contribution >= 0.6 is 0 Å². The number of methoxy groups -OCH3 is 1. The number of aromatic hydroxyl groups is 1. The summed E-state index contributed by atoms with van der Waals surface area (Å²) in [6, 6.07) is 12.0. The van der Waals surface area contributed by atoms with Gasteiger partial charge >= 0.3 is 6.03 Å². The number of phenolic OH excluding ortho intramolecular Hbond substituents is 1. The molecule has 0 radical (unpaired) electrons. The van der Waals surface area contributed by atoms with Gasteiger partial charge in [-0.25, -0.2) is 4.79 Å². The fraction of sp³-hybridized carbons (Fsp3) is 0.118. The Labute approximate surface area is 129 Å². The first-order chi connectivity index (χ1) is 10.6. The summed E-state index contributed by atoms with van der Waals surface area (Å²) in [7, 11) is 1.60. The highest BCUT2D eigenvalue weighted by Gasteiger charge is 2.04. The normalized spacial score (nSPS) is 10.5. The Morgan fingerprint density at radius 3 is 2.82 bits per heavy atom. The lowest BCUT2D eigenvalue weighted by molar-refractivity contribution is 0.255. The topological polar surface area (TPSA) is 70.6 Å². The van der Waals surface area contributed by atoms with Crippen LogP contribution in [-0.2, 0) is 0 Å². The number of nitrogens with one attached hydrogen (secondary N) is 2. The van der Waals surface area contributed by atoms with E-state index in [-0.39, 0.29) is 5.75 Å². The molecule has 0 bridgehead atoms. The van der Waals surface area contributed by atoms with Crippen LogP contribution in [0, 0.1) is 6.92 Å². The average Bonchev–Trinajstić information content (AvgIpc) is 2.51. The molecule has 0 spiro atoms. The van der Waals surface area contributed by atoms with Crippen molar-refractivity contribution in [2.24, 2.45) is 0 Å². The molecule has 5 heteroatoms. The number of hydrogen-bond donors (Lipinski definition) is 3. The zero-order valence-corrected chi connectivity index (χ0v) is 12.5. The molecule has 2 amide bonds. The molecular weight excluding hydrogens is 280 g/mol. The maximum Gasteiger partial charge on any atom is 0.323 e. The lowest BCUT2D eigenvalue weighted by Gasteiger charge is -2.07. The van der Waals surface area contributed by atoms with Crippen LogP contribution in [-0.4, -0.2) is 18.2 Å². The smallest absolute Gasteiger partial charge is 0.323 e. The summed E-state index contributed by atoms with van der Waals surface area (Å²) in [6.45, 7) is 1.88. The van der Waals surface area contributed by atoms with Crippen molar-refractivity contribution in [2.45, 2.75) is 6.92 Å². The van der Waals surface area contributed by atoms with E-state index in [0.29, 0.717) is 5.69 Å². The van der Waals surface area contributed by atoms with Gasteiger partial charge in [0.2, 0.25) is 0 Å². The molecule has 2 rings (SSSR count). The second-order valence-electron chi connectivity index (χ2n) is 4.73. The molecule has 0 aliphatic heterocycles. The molecule has 0 atom stereocenters. The highest BCUT2D eigenvalue weighted by atomic mass is 16.5. The Morgan fingerprint density at radius 1 is 1.23 bits per heavy atom. The Bertz CT molecular complexity index is 696. The number of amides is 2. The standard InChI is InChI=1S/C17H18N2O3/c1-12-6-7-16(20)15(10-12)19-17(21)18-9-8-13-4-3-5-14(11-13)22-2/h3-11,20H,1-2H3,(H2,18,19,21)/b9-8+. The quantitative estimate of drug-likeness (QED) is 0.757. The summed E-state index contributed by atoms with van der Waals surface area (Å²) in [5.41, 5.74) is 2.21.